The molecular formula is C17H16BrFO2. The molecular weight excluding hydrogens is 335 g/mol. The van der Waals surface area contributed by atoms with E-state index in [0.717, 1.165) is 16.7 Å². The smallest absolute Gasteiger partial charge is 0.200 e. The highest BCUT2D eigenvalue weighted by Crippen LogP contribution is 2.22. The van der Waals surface area contributed by atoms with Gasteiger partial charge in [-0.15, -0.1) is 0 Å². The monoisotopic (exact) mass is 350 g/mol. The molecule has 0 saturated carbocycles. The van der Waals surface area contributed by atoms with Gasteiger partial charge in [0.25, 0.3) is 0 Å². The third kappa shape index (κ3) is 3.70. The van der Waals surface area contributed by atoms with Crippen molar-refractivity contribution in [3.63, 3.8) is 0 Å². The summed E-state index contributed by atoms with van der Waals surface area (Å²) in [7, 11) is 0. The lowest BCUT2D eigenvalue weighted by Crippen LogP contribution is -2.15. The van der Waals surface area contributed by atoms with Crippen LogP contribution in [-0.4, -0.2) is 12.4 Å². The number of halogens is 2. The number of ether oxygens (including phenoxy) is 1. The van der Waals surface area contributed by atoms with E-state index in [4.69, 9.17) is 4.74 Å². The van der Waals surface area contributed by atoms with Crippen LogP contribution in [0.5, 0.6) is 5.75 Å². The first-order valence-corrected chi connectivity index (χ1v) is 7.36. The zero-order chi connectivity index (χ0) is 15.6. The summed E-state index contributed by atoms with van der Waals surface area (Å²) in [6.45, 7) is 5.60. The van der Waals surface area contributed by atoms with Crippen molar-refractivity contribution in [1.82, 2.24) is 0 Å². The molecule has 0 N–H and O–H groups in total. The Labute approximate surface area is 132 Å². The Morgan fingerprint density at radius 2 is 1.76 bits per heavy atom. The van der Waals surface area contributed by atoms with Crippen LogP contribution >= 0.6 is 15.9 Å². The standard InChI is InChI=1S/C17H16BrFO2/c1-10-6-11(2)17(12(3)7-10)15(20)9-21-16-5-4-13(18)8-14(16)19/h4-8H,9H2,1-3H3. The number of Topliss-reactive ketones (excluding diaryl/α,β-unsaturated/α-hetero) is 1. The molecule has 0 aliphatic rings. The maximum Gasteiger partial charge on any atom is 0.200 e. The van der Waals surface area contributed by atoms with Gasteiger partial charge in [0.15, 0.2) is 18.2 Å². The van der Waals surface area contributed by atoms with Crippen molar-refractivity contribution < 1.29 is 13.9 Å². The second-order valence-corrected chi connectivity index (χ2v) is 5.98. The van der Waals surface area contributed by atoms with Gasteiger partial charge in [0, 0.05) is 10.0 Å². The number of hydrogen-bond acceptors (Lipinski definition) is 2. The van der Waals surface area contributed by atoms with E-state index in [1.54, 1.807) is 6.07 Å². The normalized spacial score (nSPS) is 10.5. The number of carbonyl (C=O) groups excluding carboxylic acids is 1. The highest BCUT2D eigenvalue weighted by Gasteiger charge is 2.14. The number of carbonyl (C=O) groups is 1. The molecule has 21 heavy (non-hydrogen) atoms. The Hall–Kier alpha value is -1.68. The first-order chi connectivity index (χ1) is 9.88. The molecule has 0 heterocycles. The van der Waals surface area contributed by atoms with Crippen LogP contribution in [0.4, 0.5) is 4.39 Å². The van der Waals surface area contributed by atoms with Crippen LogP contribution in [0, 0.1) is 26.6 Å². The van der Waals surface area contributed by atoms with Gasteiger partial charge in [-0.25, -0.2) is 4.39 Å². The Morgan fingerprint density at radius 3 is 2.33 bits per heavy atom. The molecule has 110 valence electrons. The number of benzene rings is 2. The Balaban J connectivity index is 2.16. The van der Waals surface area contributed by atoms with Crippen LogP contribution in [0.3, 0.4) is 0 Å². The summed E-state index contributed by atoms with van der Waals surface area (Å²) in [6, 6.07) is 8.40. The topological polar surface area (TPSA) is 26.3 Å². The zero-order valence-electron chi connectivity index (χ0n) is 12.2. The fourth-order valence-corrected chi connectivity index (χ4v) is 2.76. The van der Waals surface area contributed by atoms with Crippen LogP contribution in [0.2, 0.25) is 0 Å². The maximum atomic E-state index is 13.6. The minimum Gasteiger partial charge on any atom is -0.482 e. The molecule has 0 aliphatic heterocycles. The summed E-state index contributed by atoms with van der Waals surface area (Å²) in [4.78, 5) is 12.3. The van der Waals surface area contributed by atoms with Crippen LogP contribution in [0.15, 0.2) is 34.8 Å². The van der Waals surface area contributed by atoms with Crippen molar-refractivity contribution in [3.8, 4) is 5.75 Å². The van der Waals surface area contributed by atoms with Gasteiger partial charge in [0.05, 0.1) is 0 Å². The van der Waals surface area contributed by atoms with Gasteiger partial charge in [-0.3, -0.25) is 4.79 Å². The van der Waals surface area contributed by atoms with Crippen molar-refractivity contribution in [2.24, 2.45) is 0 Å². The third-order valence-corrected chi connectivity index (χ3v) is 3.70. The van der Waals surface area contributed by atoms with Crippen LogP contribution in [0.25, 0.3) is 0 Å². The lowest BCUT2D eigenvalue weighted by Gasteiger charge is -2.11. The van der Waals surface area contributed by atoms with Crippen LogP contribution < -0.4 is 4.74 Å². The van der Waals surface area contributed by atoms with Crippen molar-refractivity contribution in [2.45, 2.75) is 20.8 Å². The van der Waals surface area contributed by atoms with E-state index in [2.05, 4.69) is 15.9 Å². The first kappa shape index (κ1) is 15.7. The fraction of sp³-hybridized carbons (Fsp3) is 0.235. The zero-order valence-corrected chi connectivity index (χ0v) is 13.8. The van der Waals surface area contributed by atoms with E-state index in [1.165, 1.54) is 12.1 Å². The van der Waals surface area contributed by atoms with E-state index in [-0.39, 0.29) is 18.1 Å². The van der Waals surface area contributed by atoms with Gasteiger partial charge in [-0.1, -0.05) is 33.6 Å². The van der Waals surface area contributed by atoms with E-state index < -0.39 is 5.82 Å². The second kappa shape index (κ2) is 6.39. The largest absolute Gasteiger partial charge is 0.482 e. The summed E-state index contributed by atoms with van der Waals surface area (Å²) in [5.74, 6) is -0.559. The minimum atomic E-state index is -0.491. The number of aryl methyl sites for hydroxylation is 3. The van der Waals surface area contributed by atoms with E-state index in [1.807, 2.05) is 32.9 Å². The van der Waals surface area contributed by atoms with Gasteiger partial charge in [0.2, 0.25) is 5.78 Å². The molecule has 0 bridgehead atoms. The molecule has 0 unspecified atom stereocenters. The molecule has 2 nitrogen and oxygen atoms in total. The van der Waals surface area contributed by atoms with Gasteiger partial charge in [-0.05, 0) is 50.1 Å². The lowest BCUT2D eigenvalue weighted by atomic mass is 9.97. The first-order valence-electron chi connectivity index (χ1n) is 6.57. The Bertz CT molecular complexity index is 672. The minimum absolute atomic E-state index is 0.0777. The van der Waals surface area contributed by atoms with Crippen LogP contribution in [-0.2, 0) is 0 Å². The molecule has 2 rings (SSSR count). The number of rotatable bonds is 4. The molecule has 4 heteroatoms. The van der Waals surface area contributed by atoms with Crippen molar-refractivity contribution in [2.75, 3.05) is 6.61 Å². The van der Waals surface area contributed by atoms with Gasteiger partial charge >= 0.3 is 0 Å². The van der Waals surface area contributed by atoms with Crippen molar-refractivity contribution in [3.05, 3.63) is 62.9 Å². The molecule has 2 aromatic carbocycles. The average Bonchev–Trinajstić information content (AvgIpc) is 2.36. The molecule has 0 spiro atoms. The molecule has 0 fully saturated rings. The molecule has 0 aromatic heterocycles. The summed E-state index contributed by atoms with van der Waals surface area (Å²) in [6.07, 6.45) is 0. The quantitative estimate of drug-likeness (QED) is 0.742. The average molecular weight is 351 g/mol. The van der Waals surface area contributed by atoms with Crippen molar-refractivity contribution in [1.29, 1.82) is 0 Å². The molecule has 0 amide bonds. The number of ketones is 1. The van der Waals surface area contributed by atoms with Crippen molar-refractivity contribution >= 4 is 21.7 Å². The van der Waals surface area contributed by atoms with Gasteiger partial charge in [0.1, 0.15) is 0 Å². The van der Waals surface area contributed by atoms with Gasteiger partial charge < -0.3 is 4.74 Å². The summed E-state index contributed by atoms with van der Waals surface area (Å²) in [5.41, 5.74) is 3.59. The number of hydrogen-bond donors (Lipinski definition) is 0. The summed E-state index contributed by atoms with van der Waals surface area (Å²) in [5, 5.41) is 0. The predicted octanol–water partition coefficient (Wildman–Crippen LogP) is 4.78. The molecule has 0 atom stereocenters. The summed E-state index contributed by atoms with van der Waals surface area (Å²) < 4.78 is 19.6. The Kier molecular flexibility index (Phi) is 4.78. The maximum absolute atomic E-state index is 13.6. The predicted molar refractivity (Wildman–Crippen MR) is 84.6 cm³/mol. The highest BCUT2D eigenvalue weighted by molar-refractivity contribution is 9.10. The fourth-order valence-electron chi connectivity index (χ4n) is 2.43. The Morgan fingerprint density at radius 1 is 1.14 bits per heavy atom. The highest BCUT2D eigenvalue weighted by atomic mass is 79.9. The van der Waals surface area contributed by atoms with Gasteiger partial charge in [-0.2, -0.15) is 0 Å². The molecule has 2 aromatic rings. The van der Waals surface area contributed by atoms with Crippen LogP contribution in [0.1, 0.15) is 27.0 Å². The summed E-state index contributed by atoms with van der Waals surface area (Å²) >= 11 is 3.18. The molecule has 0 saturated heterocycles. The van der Waals surface area contributed by atoms with E-state index >= 15 is 0 Å². The van der Waals surface area contributed by atoms with E-state index in [9.17, 15) is 9.18 Å². The second-order valence-electron chi connectivity index (χ2n) is 5.06. The molecule has 0 radical (unpaired) electrons. The molecule has 0 aliphatic carbocycles. The third-order valence-electron chi connectivity index (χ3n) is 3.21. The SMILES string of the molecule is Cc1cc(C)c(C(=O)COc2ccc(Br)cc2F)c(C)c1. The van der Waals surface area contributed by atoms with E-state index in [0.29, 0.717) is 10.0 Å². The lowest BCUT2D eigenvalue weighted by molar-refractivity contribution is 0.0917.